The molecular weight excluding hydrogens is 356 g/mol. The van der Waals surface area contributed by atoms with Gasteiger partial charge in [0.05, 0.1) is 5.60 Å². The molecule has 0 spiro atoms. The SMILES string of the molecule is CC(C)(O)c1ccccc1-c1cc(Br)cc(Br)c1. The second-order valence-corrected chi connectivity index (χ2v) is 6.59. The van der Waals surface area contributed by atoms with Crippen LogP contribution in [-0.4, -0.2) is 5.11 Å². The lowest BCUT2D eigenvalue weighted by Gasteiger charge is -2.22. The molecule has 0 amide bonds. The van der Waals surface area contributed by atoms with E-state index in [4.69, 9.17) is 0 Å². The Kier molecular flexibility index (Phi) is 3.95. The van der Waals surface area contributed by atoms with Crippen molar-refractivity contribution in [3.63, 3.8) is 0 Å². The van der Waals surface area contributed by atoms with Gasteiger partial charge < -0.3 is 5.11 Å². The maximum Gasteiger partial charge on any atom is 0.0846 e. The number of aliphatic hydroxyl groups is 1. The molecule has 0 bridgehead atoms. The van der Waals surface area contributed by atoms with E-state index >= 15 is 0 Å². The minimum atomic E-state index is -0.856. The van der Waals surface area contributed by atoms with Crippen LogP contribution in [0.4, 0.5) is 0 Å². The van der Waals surface area contributed by atoms with E-state index in [0.29, 0.717) is 0 Å². The zero-order chi connectivity index (χ0) is 13.3. The molecule has 0 aliphatic heterocycles. The smallest absolute Gasteiger partial charge is 0.0846 e. The van der Waals surface area contributed by atoms with Gasteiger partial charge in [0.1, 0.15) is 0 Å². The van der Waals surface area contributed by atoms with Gasteiger partial charge >= 0.3 is 0 Å². The summed E-state index contributed by atoms with van der Waals surface area (Å²) >= 11 is 6.99. The van der Waals surface area contributed by atoms with Crippen LogP contribution in [0.25, 0.3) is 11.1 Å². The number of benzene rings is 2. The van der Waals surface area contributed by atoms with Gasteiger partial charge in [-0.3, -0.25) is 0 Å². The average molecular weight is 370 g/mol. The van der Waals surface area contributed by atoms with Gasteiger partial charge in [0.15, 0.2) is 0 Å². The maximum absolute atomic E-state index is 10.2. The summed E-state index contributed by atoms with van der Waals surface area (Å²) in [5.74, 6) is 0. The molecule has 0 fully saturated rings. The Hall–Kier alpha value is -0.640. The minimum absolute atomic E-state index is 0.856. The van der Waals surface area contributed by atoms with Crippen molar-refractivity contribution < 1.29 is 5.11 Å². The summed E-state index contributed by atoms with van der Waals surface area (Å²) in [6.07, 6.45) is 0. The highest BCUT2D eigenvalue weighted by Crippen LogP contribution is 2.34. The molecule has 2 aromatic rings. The Morgan fingerprint density at radius 3 is 2.06 bits per heavy atom. The monoisotopic (exact) mass is 368 g/mol. The van der Waals surface area contributed by atoms with E-state index in [1.807, 2.05) is 30.3 Å². The lowest BCUT2D eigenvalue weighted by atomic mass is 9.90. The predicted molar refractivity (Wildman–Crippen MR) is 82.5 cm³/mol. The topological polar surface area (TPSA) is 20.2 Å². The fourth-order valence-electron chi connectivity index (χ4n) is 1.98. The quantitative estimate of drug-likeness (QED) is 0.780. The van der Waals surface area contributed by atoms with Gasteiger partial charge in [-0.2, -0.15) is 0 Å². The van der Waals surface area contributed by atoms with E-state index in [1.54, 1.807) is 13.8 Å². The second-order valence-electron chi connectivity index (χ2n) is 4.76. The second kappa shape index (κ2) is 5.16. The van der Waals surface area contributed by atoms with E-state index in [0.717, 1.165) is 25.6 Å². The molecule has 0 saturated carbocycles. The molecule has 0 aliphatic rings. The highest BCUT2D eigenvalue weighted by molar-refractivity contribution is 9.11. The normalized spacial score (nSPS) is 11.6. The van der Waals surface area contributed by atoms with Crippen molar-refractivity contribution in [3.8, 4) is 11.1 Å². The van der Waals surface area contributed by atoms with Crippen LogP contribution in [0.5, 0.6) is 0 Å². The van der Waals surface area contributed by atoms with Gasteiger partial charge in [-0.05, 0) is 48.7 Å². The maximum atomic E-state index is 10.2. The molecule has 1 nitrogen and oxygen atoms in total. The van der Waals surface area contributed by atoms with Crippen LogP contribution in [0.1, 0.15) is 19.4 Å². The van der Waals surface area contributed by atoms with Crippen molar-refractivity contribution in [1.82, 2.24) is 0 Å². The van der Waals surface area contributed by atoms with Gasteiger partial charge in [0.2, 0.25) is 0 Å². The van der Waals surface area contributed by atoms with Crippen LogP contribution in [0, 0.1) is 0 Å². The molecular formula is C15H14Br2O. The molecule has 2 aromatic carbocycles. The average Bonchev–Trinajstić information content (AvgIpc) is 2.26. The first kappa shape index (κ1) is 13.8. The third-order valence-corrected chi connectivity index (χ3v) is 3.68. The lowest BCUT2D eigenvalue weighted by Crippen LogP contribution is -2.16. The van der Waals surface area contributed by atoms with E-state index in [9.17, 15) is 5.11 Å². The molecule has 18 heavy (non-hydrogen) atoms. The van der Waals surface area contributed by atoms with Crippen molar-refractivity contribution in [3.05, 3.63) is 57.0 Å². The van der Waals surface area contributed by atoms with Crippen LogP contribution < -0.4 is 0 Å². The molecule has 2 rings (SSSR count). The Morgan fingerprint density at radius 1 is 0.944 bits per heavy atom. The highest BCUT2D eigenvalue weighted by atomic mass is 79.9. The molecule has 0 unspecified atom stereocenters. The summed E-state index contributed by atoms with van der Waals surface area (Å²) < 4.78 is 2.02. The summed E-state index contributed by atoms with van der Waals surface area (Å²) in [6, 6.07) is 14.0. The number of hydrogen-bond acceptors (Lipinski definition) is 1. The van der Waals surface area contributed by atoms with Gasteiger partial charge in [0.25, 0.3) is 0 Å². The van der Waals surface area contributed by atoms with E-state index in [-0.39, 0.29) is 0 Å². The fraction of sp³-hybridized carbons (Fsp3) is 0.200. The van der Waals surface area contributed by atoms with E-state index in [1.165, 1.54) is 0 Å². The molecule has 1 N–H and O–H groups in total. The number of hydrogen-bond donors (Lipinski definition) is 1. The number of halogens is 2. The Morgan fingerprint density at radius 2 is 1.50 bits per heavy atom. The van der Waals surface area contributed by atoms with Crippen molar-refractivity contribution in [2.75, 3.05) is 0 Å². The van der Waals surface area contributed by atoms with Gasteiger partial charge in [-0.1, -0.05) is 56.1 Å². The molecule has 0 saturated heterocycles. The molecule has 94 valence electrons. The van der Waals surface area contributed by atoms with Crippen LogP contribution in [0.2, 0.25) is 0 Å². The Bertz CT molecular complexity index is 551. The first-order valence-electron chi connectivity index (χ1n) is 5.66. The van der Waals surface area contributed by atoms with E-state index < -0.39 is 5.60 Å². The fourth-order valence-corrected chi connectivity index (χ4v) is 3.27. The highest BCUT2D eigenvalue weighted by Gasteiger charge is 2.20. The first-order chi connectivity index (χ1) is 8.38. The van der Waals surface area contributed by atoms with Crippen LogP contribution in [0.3, 0.4) is 0 Å². The summed E-state index contributed by atoms with van der Waals surface area (Å²) in [5, 5.41) is 10.2. The summed E-state index contributed by atoms with van der Waals surface area (Å²) in [5.41, 5.74) is 2.20. The van der Waals surface area contributed by atoms with Gasteiger partial charge in [-0.15, -0.1) is 0 Å². The Balaban J connectivity index is 2.64. The molecule has 0 heterocycles. The van der Waals surface area contributed by atoms with Crippen molar-refractivity contribution >= 4 is 31.9 Å². The molecule has 3 heteroatoms. The Labute approximate surface area is 124 Å². The van der Waals surface area contributed by atoms with Gasteiger partial charge in [-0.25, -0.2) is 0 Å². The van der Waals surface area contributed by atoms with Gasteiger partial charge in [0, 0.05) is 8.95 Å². The van der Waals surface area contributed by atoms with E-state index in [2.05, 4.69) is 44.0 Å². The first-order valence-corrected chi connectivity index (χ1v) is 7.25. The largest absolute Gasteiger partial charge is 0.386 e. The third-order valence-electron chi connectivity index (χ3n) is 2.76. The van der Waals surface area contributed by atoms with Crippen molar-refractivity contribution in [2.45, 2.75) is 19.4 Å². The van der Waals surface area contributed by atoms with Crippen molar-refractivity contribution in [1.29, 1.82) is 0 Å². The zero-order valence-corrected chi connectivity index (χ0v) is 13.4. The molecule has 0 aromatic heterocycles. The molecule has 0 radical (unpaired) electrons. The summed E-state index contributed by atoms with van der Waals surface area (Å²) in [4.78, 5) is 0. The van der Waals surface area contributed by atoms with Crippen LogP contribution in [-0.2, 0) is 5.60 Å². The molecule has 0 aliphatic carbocycles. The van der Waals surface area contributed by atoms with Crippen LogP contribution in [0.15, 0.2) is 51.4 Å². The third kappa shape index (κ3) is 3.02. The summed E-state index contributed by atoms with van der Waals surface area (Å²) in [7, 11) is 0. The zero-order valence-electron chi connectivity index (χ0n) is 10.2. The van der Waals surface area contributed by atoms with Crippen molar-refractivity contribution in [2.24, 2.45) is 0 Å². The lowest BCUT2D eigenvalue weighted by molar-refractivity contribution is 0.0792. The minimum Gasteiger partial charge on any atom is -0.386 e. The standard InChI is InChI=1S/C15H14Br2O/c1-15(2,18)14-6-4-3-5-13(14)10-7-11(16)9-12(17)8-10/h3-9,18H,1-2H3. The predicted octanol–water partition coefficient (Wildman–Crippen LogP) is 5.11. The molecule has 0 atom stereocenters. The number of rotatable bonds is 2. The summed E-state index contributed by atoms with van der Waals surface area (Å²) in [6.45, 7) is 3.61. The van der Waals surface area contributed by atoms with Crippen LogP contribution >= 0.6 is 31.9 Å².